The van der Waals surface area contributed by atoms with Crippen LogP contribution >= 0.6 is 15.9 Å². The maximum absolute atomic E-state index is 14.1. The number of carboxylic acid groups (broad SMARTS) is 1. The van der Waals surface area contributed by atoms with Crippen molar-refractivity contribution in [3.8, 4) is 0 Å². The van der Waals surface area contributed by atoms with Gasteiger partial charge >= 0.3 is 5.97 Å². The van der Waals surface area contributed by atoms with Gasteiger partial charge in [0.15, 0.2) is 0 Å². The molecule has 0 spiro atoms. The van der Waals surface area contributed by atoms with E-state index in [4.69, 9.17) is 5.11 Å². The Labute approximate surface area is 131 Å². The van der Waals surface area contributed by atoms with Crippen molar-refractivity contribution in [1.29, 1.82) is 0 Å². The number of benzene rings is 2. The van der Waals surface area contributed by atoms with Gasteiger partial charge in [-0.15, -0.1) is 0 Å². The van der Waals surface area contributed by atoms with Crippen LogP contribution in [0.15, 0.2) is 46.9 Å². The molecule has 2 aromatic rings. The van der Waals surface area contributed by atoms with E-state index in [1.54, 1.807) is 12.1 Å². The summed E-state index contributed by atoms with van der Waals surface area (Å²) in [7, 11) is 1.87. The average Bonchev–Trinajstić information content (AvgIpc) is 2.40. The van der Waals surface area contributed by atoms with Crippen molar-refractivity contribution in [3.05, 3.63) is 69.4 Å². The summed E-state index contributed by atoms with van der Waals surface area (Å²) >= 11 is 3.41. The van der Waals surface area contributed by atoms with Crippen molar-refractivity contribution >= 4 is 21.9 Å². The fourth-order valence-electron chi connectivity index (χ4n) is 2.16. The van der Waals surface area contributed by atoms with Gasteiger partial charge in [0, 0.05) is 23.1 Å². The Hall–Kier alpha value is -1.72. The van der Waals surface area contributed by atoms with Crippen LogP contribution in [0.3, 0.4) is 0 Å². The molecule has 5 heteroatoms. The Bertz CT molecular complexity index is 660. The lowest BCUT2D eigenvalue weighted by molar-refractivity contribution is 0.0691. The van der Waals surface area contributed by atoms with Crippen molar-refractivity contribution in [2.24, 2.45) is 0 Å². The molecule has 0 aliphatic heterocycles. The van der Waals surface area contributed by atoms with E-state index in [-0.39, 0.29) is 5.56 Å². The van der Waals surface area contributed by atoms with Crippen LogP contribution in [0.5, 0.6) is 0 Å². The fraction of sp³-hybridized carbons (Fsp3) is 0.188. The predicted molar refractivity (Wildman–Crippen MR) is 82.7 cm³/mol. The second kappa shape index (κ2) is 6.83. The minimum absolute atomic E-state index is 0.289. The van der Waals surface area contributed by atoms with Crippen LogP contribution in [0.25, 0.3) is 0 Å². The first kappa shape index (κ1) is 15.7. The van der Waals surface area contributed by atoms with Crippen molar-refractivity contribution < 1.29 is 14.3 Å². The van der Waals surface area contributed by atoms with E-state index < -0.39 is 11.8 Å². The van der Waals surface area contributed by atoms with Gasteiger partial charge in [0.25, 0.3) is 0 Å². The number of aromatic carboxylic acids is 1. The molecule has 1 N–H and O–H groups in total. The molecule has 0 atom stereocenters. The standard InChI is InChI=1S/C16H15BrFNO2/c1-19(9-11-4-2-6-13(17)8-11)10-12-5-3-7-14(15(12)18)16(20)21/h2-8H,9-10H2,1H3,(H,20,21). The number of carboxylic acids is 1. The molecule has 0 unspecified atom stereocenters. The van der Waals surface area contributed by atoms with E-state index in [0.717, 1.165) is 10.0 Å². The van der Waals surface area contributed by atoms with Crippen LogP contribution in [0.1, 0.15) is 21.5 Å². The molecule has 0 fully saturated rings. The number of nitrogens with zero attached hydrogens (tertiary/aromatic N) is 1. The summed E-state index contributed by atoms with van der Waals surface area (Å²) in [5, 5.41) is 8.93. The summed E-state index contributed by atoms with van der Waals surface area (Å²) in [6, 6.07) is 12.3. The molecule has 2 rings (SSSR count). The molecule has 0 aliphatic rings. The monoisotopic (exact) mass is 351 g/mol. The zero-order valence-electron chi connectivity index (χ0n) is 11.5. The van der Waals surface area contributed by atoms with E-state index in [1.807, 2.05) is 36.2 Å². The first-order valence-electron chi connectivity index (χ1n) is 6.41. The van der Waals surface area contributed by atoms with Gasteiger partial charge in [-0.3, -0.25) is 4.90 Å². The summed E-state index contributed by atoms with van der Waals surface area (Å²) in [5.74, 6) is -1.91. The van der Waals surface area contributed by atoms with Gasteiger partial charge in [-0.2, -0.15) is 0 Å². The molecule has 0 radical (unpaired) electrons. The van der Waals surface area contributed by atoms with Gasteiger partial charge in [0.2, 0.25) is 0 Å². The number of hydrogen-bond acceptors (Lipinski definition) is 2. The molecule has 3 nitrogen and oxygen atoms in total. The third-order valence-electron chi connectivity index (χ3n) is 3.09. The van der Waals surface area contributed by atoms with E-state index in [9.17, 15) is 9.18 Å². The van der Waals surface area contributed by atoms with Gasteiger partial charge in [-0.1, -0.05) is 40.2 Å². The lowest BCUT2D eigenvalue weighted by atomic mass is 10.1. The van der Waals surface area contributed by atoms with Crippen LogP contribution in [-0.4, -0.2) is 23.0 Å². The lowest BCUT2D eigenvalue weighted by Crippen LogP contribution is -2.18. The van der Waals surface area contributed by atoms with E-state index in [1.165, 1.54) is 6.07 Å². The maximum atomic E-state index is 14.1. The topological polar surface area (TPSA) is 40.5 Å². The van der Waals surface area contributed by atoms with Crippen LogP contribution in [0.4, 0.5) is 4.39 Å². The third kappa shape index (κ3) is 4.12. The van der Waals surface area contributed by atoms with Gasteiger partial charge in [0.05, 0.1) is 5.56 Å². The van der Waals surface area contributed by atoms with Crippen molar-refractivity contribution in [2.45, 2.75) is 13.1 Å². The lowest BCUT2D eigenvalue weighted by Gasteiger charge is -2.18. The summed E-state index contributed by atoms with van der Waals surface area (Å²) in [4.78, 5) is 12.9. The van der Waals surface area contributed by atoms with E-state index in [0.29, 0.717) is 18.7 Å². The van der Waals surface area contributed by atoms with Gasteiger partial charge in [0.1, 0.15) is 5.82 Å². The quantitative estimate of drug-likeness (QED) is 0.887. The number of carbonyl (C=O) groups is 1. The van der Waals surface area contributed by atoms with Crippen LogP contribution in [-0.2, 0) is 13.1 Å². The van der Waals surface area contributed by atoms with Crippen molar-refractivity contribution in [3.63, 3.8) is 0 Å². The molecule has 2 aromatic carbocycles. The molecule has 0 saturated heterocycles. The molecule has 0 amide bonds. The Morgan fingerprint density at radius 2 is 1.95 bits per heavy atom. The predicted octanol–water partition coefficient (Wildman–Crippen LogP) is 3.92. The Balaban J connectivity index is 2.11. The second-order valence-electron chi connectivity index (χ2n) is 4.89. The number of rotatable bonds is 5. The Morgan fingerprint density at radius 3 is 2.62 bits per heavy atom. The Morgan fingerprint density at radius 1 is 1.24 bits per heavy atom. The molecule has 0 bridgehead atoms. The normalized spacial score (nSPS) is 10.9. The van der Waals surface area contributed by atoms with Gasteiger partial charge < -0.3 is 5.11 Å². The van der Waals surface area contributed by atoms with E-state index in [2.05, 4.69) is 15.9 Å². The third-order valence-corrected chi connectivity index (χ3v) is 3.58. The minimum atomic E-state index is -1.25. The molecular weight excluding hydrogens is 337 g/mol. The number of hydrogen-bond donors (Lipinski definition) is 1. The highest BCUT2D eigenvalue weighted by molar-refractivity contribution is 9.10. The highest BCUT2D eigenvalue weighted by atomic mass is 79.9. The van der Waals surface area contributed by atoms with Gasteiger partial charge in [-0.25, -0.2) is 9.18 Å². The minimum Gasteiger partial charge on any atom is -0.478 e. The van der Waals surface area contributed by atoms with Crippen LogP contribution in [0.2, 0.25) is 0 Å². The molecule has 21 heavy (non-hydrogen) atoms. The molecule has 0 aromatic heterocycles. The summed E-state index contributed by atoms with van der Waals surface area (Å²) < 4.78 is 15.1. The van der Waals surface area contributed by atoms with E-state index >= 15 is 0 Å². The van der Waals surface area contributed by atoms with Crippen LogP contribution in [0, 0.1) is 5.82 Å². The van der Waals surface area contributed by atoms with Crippen molar-refractivity contribution in [2.75, 3.05) is 7.05 Å². The largest absolute Gasteiger partial charge is 0.478 e. The zero-order valence-corrected chi connectivity index (χ0v) is 13.1. The molecule has 0 aliphatic carbocycles. The second-order valence-corrected chi connectivity index (χ2v) is 5.80. The average molecular weight is 352 g/mol. The highest BCUT2D eigenvalue weighted by Crippen LogP contribution is 2.17. The molecule has 110 valence electrons. The SMILES string of the molecule is CN(Cc1cccc(Br)c1)Cc1cccc(C(=O)O)c1F. The van der Waals surface area contributed by atoms with Crippen molar-refractivity contribution in [1.82, 2.24) is 4.90 Å². The number of halogens is 2. The molecule has 0 saturated carbocycles. The fourth-order valence-corrected chi connectivity index (χ4v) is 2.61. The van der Waals surface area contributed by atoms with Crippen LogP contribution < -0.4 is 0 Å². The smallest absolute Gasteiger partial charge is 0.338 e. The molecule has 0 heterocycles. The Kier molecular flexibility index (Phi) is 5.09. The molecular formula is C16H15BrFNO2. The summed E-state index contributed by atoms with van der Waals surface area (Å²) in [5.41, 5.74) is 1.19. The maximum Gasteiger partial charge on any atom is 0.338 e. The first-order chi connectivity index (χ1) is 9.97. The highest BCUT2D eigenvalue weighted by Gasteiger charge is 2.14. The summed E-state index contributed by atoms with van der Waals surface area (Å²) in [6.45, 7) is 0.996. The van der Waals surface area contributed by atoms with Gasteiger partial charge in [-0.05, 0) is 30.8 Å². The first-order valence-corrected chi connectivity index (χ1v) is 7.20. The zero-order chi connectivity index (χ0) is 15.4. The summed E-state index contributed by atoms with van der Waals surface area (Å²) in [6.07, 6.45) is 0.